The van der Waals surface area contributed by atoms with Crippen LogP contribution in [0.25, 0.3) is 5.57 Å². The number of benzene rings is 1. The van der Waals surface area contributed by atoms with Gasteiger partial charge >= 0.3 is 0 Å². The first-order valence-electron chi connectivity index (χ1n) is 5.93. The van der Waals surface area contributed by atoms with Crippen LogP contribution in [0.4, 0.5) is 8.78 Å². The molecule has 1 rings (SSSR count). The van der Waals surface area contributed by atoms with E-state index in [4.69, 9.17) is 11.0 Å². The van der Waals surface area contributed by atoms with E-state index in [0.29, 0.717) is 35.1 Å². The number of hydrogen-bond acceptors (Lipinski definition) is 3. The Morgan fingerprint density at radius 1 is 1.45 bits per heavy atom. The third-order valence-corrected chi connectivity index (χ3v) is 2.76. The van der Waals surface area contributed by atoms with E-state index in [9.17, 15) is 8.78 Å². The lowest BCUT2D eigenvalue weighted by Gasteiger charge is -2.10. The van der Waals surface area contributed by atoms with Gasteiger partial charge in [0, 0.05) is 30.6 Å². The summed E-state index contributed by atoms with van der Waals surface area (Å²) in [4.78, 5) is 3.83. The van der Waals surface area contributed by atoms with Crippen molar-refractivity contribution in [2.75, 3.05) is 7.05 Å². The molecule has 3 nitrogen and oxygen atoms in total. The van der Waals surface area contributed by atoms with Crippen molar-refractivity contribution in [3.8, 4) is 6.07 Å². The molecule has 0 saturated carbocycles. The number of nitrogens with two attached hydrogens (primary N) is 1. The van der Waals surface area contributed by atoms with Crippen LogP contribution in [-0.2, 0) is 6.42 Å². The fraction of sp³-hybridized carbons (Fsp3) is 0.200. The third-order valence-electron chi connectivity index (χ3n) is 2.76. The van der Waals surface area contributed by atoms with Gasteiger partial charge < -0.3 is 5.73 Å². The summed E-state index contributed by atoms with van der Waals surface area (Å²) < 4.78 is 26.8. The minimum Gasteiger partial charge on any atom is -0.404 e. The minimum absolute atomic E-state index is 0.369. The highest BCUT2D eigenvalue weighted by atomic mass is 19.2. The van der Waals surface area contributed by atoms with Gasteiger partial charge in [-0.3, -0.25) is 4.99 Å². The number of aliphatic imine (C=N–C) groups is 1. The largest absolute Gasteiger partial charge is 0.404 e. The smallest absolute Gasteiger partial charge is 0.159 e. The maximum absolute atomic E-state index is 13.4. The summed E-state index contributed by atoms with van der Waals surface area (Å²) in [6.45, 7) is 3.56. The van der Waals surface area contributed by atoms with E-state index in [0.717, 1.165) is 12.1 Å². The molecule has 0 radical (unpaired) electrons. The lowest BCUT2D eigenvalue weighted by Crippen LogP contribution is -2.01. The van der Waals surface area contributed by atoms with Gasteiger partial charge in [-0.25, -0.2) is 8.78 Å². The predicted octanol–water partition coefficient (Wildman–Crippen LogP) is 2.98. The Labute approximate surface area is 116 Å². The molecule has 0 aliphatic heterocycles. The van der Waals surface area contributed by atoms with E-state index in [1.54, 1.807) is 7.05 Å². The van der Waals surface area contributed by atoms with Gasteiger partial charge in [0.2, 0.25) is 0 Å². The Morgan fingerprint density at radius 2 is 2.10 bits per heavy atom. The summed E-state index contributed by atoms with van der Waals surface area (Å²) >= 11 is 0. The highest BCUT2D eigenvalue weighted by molar-refractivity contribution is 6.10. The first-order chi connectivity index (χ1) is 9.53. The lowest BCUT2D eigenvalue weighted by atomic mass is 9.96. The van der Waals surface area contributed by atoms with Crippen molar-refractivity contribution in [3.63, 3.8) is 0 Å². The number of allylic oxidation sites excluding steroid dienone is 2. The molecule has 5 heteroatoms. The molecule has 0 spiro atoms. The molecule has 0 saturated heterocycles. The highest BCUT2D eigenvalue weighted by Crippen LogP contribution is 2.23. The van der Waals surface area contributed by atoms with Crippen LogP contribution in [0.1, 0.15) is 17.5 Å². The molecule has 104 valence electrons. The van der Waals surface area contributed by atoms with Gasteiger partial charge in [-0.2, -0.15) is 5.26 Å². The Kier molecular flexibility index (Phi) is 5.60. The number of halogens is 2. The summed E-state index contributed by atoms with van der Waals surface area (Å²) in [7, 11) is 1.56. The van der Waals surface area contributed by atoms with E-state index < -0.39 is 11.6 Å². The molecular formula is C15H15F2N3. The van der Waals surface area contributed by atoms with Crippen molar-refractivity contribution in [2.24, 2.45) is 10.7 Å². The molecule has 1 aromatic rings. The molecule has 0 fully saturated rings. The Balaban J connectivity index is 3.24. The van der Waals surface area contributed by atoms with Crippen LogP contribution in [0, 0.1) is 23.0 Å². The van der Waals surface area contributed by atoms with Crippen molar-refractivity contribution < 1.29 is 8.78 Å². The summed E-state index contributed by atoms with van der Waals surface area (Å²) in [5, 5.41) is 8.68. The lowest BCUT2D eigenvalue weighted by molar-refractivity contribution is 0.506. The molecule has 0 aliphatic rings. The van der Waals surface area contributed by atoms with Crippen LogP contribution >= 0.6 is 0 Å². The summed E-state index contributed by atoms with van der Waals surface area (Å²) in [6.07, 6.45) is 3.49. The highest BCUT2D eigenvalue weighted by Gasteiger charge is 2.12. The van der Waals surface area contributed by atoms with Crippen molar-refractivity contribution in [1.29, 1.82) is 5.26 Å². The van der Waals surface area contributed by atoms with E-state index >= 15 is 0 Å². The molecule has 0 aliphatic carbocycles. The molecule has 0 unspecified atom stereocenters. The monoisotopic (exact) mass is 275 g/mol. The second-order valence-electron chi connectivity index (χ2n) is 4.15. The first kappa shape index (κ1) is 15.6. The van der Waals surface area contributed by atoms with Crippen LogP contribution in [0.3, 0.4) is 0 Å². The van der Waals surface area contributed by atoms with E-state index in [2.05, 4.69) is 11.6 Å². The zero-order valence-electron chi connectivity index (χ0n) is 11.2. The van der Waals surface area contributed by atoms with Crippen LogP contribution in [-0.4, -0.2) is 13.3 Å². The van der Waals surface area contributed by atoms with Crippen molar-refractivity contribution in [2.45, 2.75) is 12.8 Å². The number of rotatable bonds is 5. The van der Waals surface area contributed by atoms with Crippen LogP contribution in [0.5, 0.6) is 0 Å². The molecule has 20 heavy (non-hydrogen) atoms. The molecule has 0 atom stereocenters. The zero-order valence-corrected chi connectivity index (χ0v) is 11.2. The van der Waals surface area contributed by atoms with Crippen LogP contribution in [0.2, 0.25) is 0 Å². The number of nitriles is 1. The number of aryl methyl sites for hydroxylation is 1. The minimum atomic E-state index is -0.952. The van der Waals surface area contributed by atoms with Crippen molar-refractivity contribution in [3.05, 3.63) is 53.2 Å². The number of nitrogens with zero attached hydrogens (tertiary/aromatic N) is 2. The predicted molar refractivity (Wildman–Crippen MR) is 76.0 cm³/mol. The Hall–Kier alpha value is -2.48. The van der Waals surface area contributed by atoms with Gasteiger partial charge in [0.25, 0.3) is 0 Å². The van der Waals surface area contributed by atoms with Gasteiger partial charge in [-0.05, 0) is 36.1 Å². The fourth-order valence-electron chi connectivity index (χ4n) is 1.75. The van der Waals surface area contributed by atoms with Gasteiger partial charge in [-0.15, -0.1) is 0 Å². The molecule has 0 heterocycles. The summed E-state index contributed by atoms with van der Waals surface area (Å²) in [5.74, 6) is -1.89. The Morgan fingerprint density at radius 3 is 2.65 bits per heavy atom. The van der Waals surface area contributed by atoms with E-state index in [1.165, 1.54) is 12.4 Å². The molecule has 2 N–H and O–H groups in total. The van der Waals surface area contributed by atoms with Crippen molar-refractivity contribution >= 4 is 11.8 Å². The first-order valence-corrected chi connectivity index (χ1v) is 5.93. The molecule has 1 aromatic carbocycles. The van der Waals surface area contributed by atoms with Crippen LogP contribution < -0.4 is 5.73 Å². The maximum Gasteiger partial charge on any atom is 0.159 e. The summed E-state index contributed by atoms with van der Waals surface area (Å²) in [5.41, 5.74) is 7.37. The fourth-order valence-corrected chi connectivity index (χ4v) is 1.75. The van der Waals surface area contributed by atoms with Crippen molar-refractivity contribution in [1.82, 2.24) is 0 Å². The molecular weight excluding hydrogens is 260 g/mol. The van der Waals surface area contributed by atoms with Crippen LogP contribution in [0.15, 0.2) is 35.5 Å². The summed E-state index contributed by atoms with van der Waals surface area (Å²) in [6, 6.07) is 4.12. The molecule has 0 bridgehead atoms. The van der Waals surface area contributed by atoms with Gasteiger partial charge in [0.1, 0.15) is 0 Å². The maximum atomic E-state index is 13.4. The van der Waals surface area contributed by atoms with Gasteiger partial charge in [-0.1, -0.05) is 6.58 Å². The average Bonchev–Trinajstić information content (AvgIpc) is 2.45. The molecule has 0 aromatic heterocycles. The average molecular weight is 275 g/mol. The SMILES string of the molecule is C=C(C#N)CCc1cc(F)c(F)cc1/C(C=NC)=C/N. The zero-order chi connectivity index (χ0) is 15.1. The quantitative estimate of drug-likeness (QED) is 0.663. The second-order valence-corrected chi connectivity index (χ2v) is 4.15. The van der Waals surface area contributed by atoms with Gasteiger partial charge in [0.15, 0.2) is 11.6 Å². The topological polar surface area (TPSA) is 62.2 Å². The van der Waals surface area contributed by atoms with E-state index in [-0.39, 0.29) is 0 Å². The number of hydrogen-bond donors (Lipinski definition) is 1. The third kappa shape index (κ3) is 3.75. The van der Waals surface area contributed by atoms with Gasteiger partial charge in [0.05, 0.1) is 6.07 Å². The van der Waals surface area contributed by atoms with E-state index in [1.807, 2.05) is 6.07 Å². The Bertz CT molecular complexity index is 610. The second kappa shape index (κ2) is 7.19. The normalized spacial score (nSPS) is 11.6. The standard InChI is InChI=1S/C15H15F2N3/c1-10(7-18)3-4-11-5-14(16)15(17)6-13(11)12(8-19)9-20-2/h5-6,8-9H,1,3-4,19H2,2H3/b12-8+,20-9?. The molecule has 0 amide bonds.